The third-order valence-corrected chi connectivity index (χ3v) is 3.17. The van der Waals surface area contributed by atoms with Crippen LogP contribution in [0.25, 0.3) is 0 Å². The Morgan fingerprint density at radius 3 is 3.19 bits per heavy atom. The summed E-state index contributed by atoms with van der Waals surface area (Å²) in [7, 11) is 0. The SMILES string of the molecule is CCC1CN(Cc2ccccn2)CCCN1. The molecule has 2 heterocycles. The van der Waals surface area contributed by atoms with Crippen LogP contribution in [0.15, 0.2) is 24.4 Å². The molecule has 0 spiro atoms. The molecule has 0 radical (unpaired) electrons. The number of hydrogen-bond acceptors (Lipinski definition) is 3. The van der Waals surface area contributed by atoms with Crippen LogP contribution in [-0.4, -0.2) is 35.6 Å². The minimum Gasteiger partial charge on any atom is -0.313 e. The van der Waals surface area contributed by atoms with Crippen LogP contribution in [0, 0.1) is 0 Å². The van der Waals surface area contributed by atoms with E-state index in [0.717, 1.165) is 19.6 Å². The number of nitrogens with one attached hydrogen (secondary N) is 1. The second-order valence-corrected chi connectivity index (χ2v) is 4.47. The van der Waals surface area contributed by atoms with E-state index < -0.39 is 0 Å². The molecule has 0 aromatic carbocycles. The summed E-state index contributed by atoms with van der Waals surface area (Å²) < 4.78 is 0. The second-order valence-electron chi connectivity index (χ2n) is 4.47. The van der Waals surface area contributed by atoms with E-state index in [1.165, 1.54) is 25.1 Å². The third-order valence-electron chi connectivity index (χ3n) is 3.17. The standard InChI is InChI=1S/C13H21N3/c1-2-12-10-16(9-5-8-14-12)11-13-6-3-4-7-15-13/h3-4,6-7,12,14H,2,5,8-11H2,1H3. The fourth-order valence-electron chi connectivity index (χ4n) is 2.21. The Hall–Kier alpha value is -0.930. The summed E-state index contributed by atoms with van der Waals surface area (Å²) in [6, 6.07) is 6.79. The first kappa shape index (κ1) is 11.6. The number of pyridine rings is 1. The fourth-order valence-corrected chi connectivity index (χ4v) is 2.21. The molecule has 0 amide bonds. The summed E-state index contributed by atoms with van der Waals surface area (Å²) in [4.78, 5) is 6.90. The summed E-state index contributed by atoms with van der Waals surface area (Å²) in [5.74, 6) is 0. The van der Waals surface area contributed by atoms with E-state index in [1.54, 1.807) is 0 Å². The third kappa shape index (κ3) is 3.29. The molecule has 1 N–H and O–H groups in total. The van der Waals surface area contributed by atoms with Crippen molar-refractivity contribution in [2.24, 2.45) is 0 Å². The molecule has 1 unspecified atom stereocenters. The van der Waals surface area contributed by atoms with Gasteiger partial charge in [0.2, 0.25) is 0 Å². The summed E-state index contributed by atoms with van der Waals surface area (Å²) in [6.45, 7) is 6.71. The van der Waals surface area contributed by atoms with Gasteiger partial charge in [0.25, 0.3) is 0 Å². The van der Waals surface area contributed by atoms with Crippen molar-refractivity contribution in [1.82, 2.24) is 15.2 Å². The van der Waals surface area contributed by atoms with Gasteiger partial charge in [0, 0.05) is 25.3 Å². The zero-order valence-electron chi connectivity index (χ0n) is 10.0. The van der Waals surface area contributed by atoms with Crippen molar-refractivity contribution in [3.05, 3.63) is 30.1 Å². The maximum atomic E-state index is 4.39. The van der Waals surface area contributed by atoms with E-state index in [0.29, 0.717) is 6.04 Å². The Morgan fingerprint density at radius 2 is 2.44 bits per heavy atom. The average Bonchev–Trinajstić information content (AvgIpc) is 2.55. The molecule has 0 saturated carbocycles. The van der Waals surface area contributed by atoms with Crippen LogP contribution >= 0.6 is 0 Å². The molecule has 1 aliphatic rings. The molecule has 1 aromatic heterocycles. The first-order valence-electron chi connectivity index (χ1n) is 6.24. The van der Waals surface area contributed by atoms with Crippen molar-refractivity contribution in [3.8, 4) is 0 Å². The largest absolute Gasteiger partial charge is 0.313 e. The quantitative estimate of drug-likeness (QED) is 0.838. The maximum Gasteiger partial charge on any atom is 0.0543 e. The normalized spacial score (nSPS) is 22.9. The lowest BCUT2D eigenvalue weighted by atomic mass is 10.2. The maximum absolute atomic E-state index is 4.39. The Kier molecular flexibility index (Phi) is 4.31. The van der Waals surface area contributed by atoms with Gasteiger partial charge in [0.15, 0.2) is 0 Å². The average molecular weight is 219 g/mol. The highest BCUT2D eigenvalue weighted by Gasteiger charge is 2.16. The van der Waals surface area contributed by atoms with Crippen LogP contribution in [0.3, 0.4) is 0 Å². The molecule has 1 aromatic rings. The van der Waals surface area contributed by atoms with Crippen molar-refractivity contribution in [2.75, 3.05) is 19.6 Å². The van der Waals surface area contributed by atoms with Crippen molar-refractivity contribution >= 4 is 0 Å². The van der Waals surface area contributed by atoms with Crippen molar-refractivity contribution in [3.63, 3.8) is 0 Å². The first-order chi connectivity index (χ1) is 7.88. The van der Waals surface area contributed by atoms with Crippen LogP contribution in [-0.2, 0) is 6.54 Å². The van der Waals surface area contributed by atoms with Crippen LogP contribution in [0.2, 0.25) is 0 Å². The van der Waals surface area contributed by atoms with Crippen molar-refractivity contribution in [1.29, 1.82) is 0 Å². The predicted octanol–water partition coefficient (Wildman–Crippen LogP) is 1.66. The van der Waals surface area contributed by atoms with Crippen LogP contribution < -0.4 is 5.32 Å². The molecule has 88 valence electrons. The molecular weight excluding hydrogens is 198 g/mol. The first-order valence-corrected chi connectivity index (χ1v) is 6.24. The number of nitrogens with zero attached hydrogens (tertiary/aromatic N) is 2. The van der Waals surface area contributed by atoms with Gasteiger partial charge < -0.3 is 5.32 Å². The molecular formula is C13H21N3. The predicted molar refractivity (Wildman–Crippen MR) is 66.2 cm³/mol. The van der Waals surface area contributed by atoms with E-state index in [2.05, 4.69) is 34.3 Å². The van der Waals surface area contributed by atoms with E-state index in [9.17, 15) is 0 Å². The smallest absolute Gasteiger partial charge is 0.0543 e. The minimum atomic E-state index is 0.645. The topological polar surface area (TPSA) is 28.2 Å². The van der Waals surface area contributed by atoms with Gasteiger partial charge in [-0.1, -0.05) is 13.0 Å². The Morgan fingerprint density at radius 1 is 1.50 bits per heavy atom. The van der Waals surface area contributed by atoms with Crippen LogP contribution in [0.4, 0.5) is 0 Å². The van der Waals surface area contributed by atoms with E-state index in [-0.39, 0.29) is 0 Å². The number of hydrogen-bond donors (Lipinski definition) is 1. The zero-order chi connectivity index (χ0) is 11.2. The molecule has 3 heteroatoms. The highest BCUT2D eigenvalue weighted by atomic mass is 15.2. The summed E-state index contributed by atoms with van der Waals surface area (Å²) in [6.07, 6.45) is 4.32. The summed E-state index contributed by atoms with van der Waals surface area (Å²) in [5.41, 5.74) is 1.18. The summed E-state index contributed by atoms with van der Waals surface area (Å²) >= 11 is 0. The van der Waals surface area contributed by atoms with Gasteiger partial charge in [-0.25, -0.2) is 0 Å². The van der Waals surface area contributed by atoms with E-state index in [4.69, 9.17) is 0 Å². The lowest BCUT2D eigenvalue weighted by molar-refractivity contribution is 0.254. The molecule has 0 aliphatic carbocycles. The lowest BCUT2D eigenvalue weighted by Crippen LogP contribution is -2.36. The van der Waals surface area contributed by atoms with Crippen LogP contribution in [0.1, 0.15) is 25.5 Å². The minimum absolute atomic E-state index is 0.645. The van der Waals surface area contributed by atoms with Gasteiger partial charge in [0.05, 0.1) is 5.69 Å². The van der Waals surface area contributed by atoms with Crippen molar-refractivity contribution < 1.29 is 0 Å². The van der Waals surface area contributed by atoms with Gasteiger partial charge in [0.1, 0.15) is 0 Å². The Bertz CT molecular complexity index is 299. The highest BCUT2D eigenvalue weighted by molar-refractivity contribution is 5.03. The molecule has 1 atom stereocenters. The van der Waals surface area contributed by atoms with Gasteiger partial charge in [-0.2, -0.15) is 0 Å². The van der Waals surface area contributed by atoms with Crippen LogP contribution in [0.5, 0.6) is 0 Å². The Labute approximate surface area is 97.9 Å². The fraction of sp³-hybridized carbons (Fsp3) is 0.615. The highest BCUT2D eigenvalue weighted by Crippen LogP contribution is 2.07. The van der Waals surface area contributed by atoms with Gasteiger partial charge in [-0.3, -0.25) is 9.88 Å². The van der Waals surface area contributed by atoms with Gasteiger partial charge in [-0.15, -0.1) is 0 Å². The van der Waals surface area contributed by atoms with Gasteiger partial charge >= 0.3 is 0 Å². The number of aromatic nitrogens is 1. The second kappa shape index (κ2) is 5.97. The molecule has 3 nitrogen and oxygen atoms in total. The number of rotatable bonds is 3. The lowest BCUT2D eigenvalue weighted by Gasteiger charge is -2.23. The van der Waals surface area contributed by atoms with Gasteiger partial charge in [-0.05, 0) is 38.1 Å². The monoisotopic (exact) mass is 219 g/mol. The molecule has 1 saturated heterocycles. The van der Waals surface area contributed by atoms with E-state index >= 15 is 0 Å². The summed E-state index contributed by atoms with van der Waals surface area (Å²) in [5, 5.41) is 3.58. The molecule has 0 bridgehead atoms. The molecule has 1 aliphatic heterocycles. The zero-order valence-corrected chi connectivity index (χ0v) is 10.0. The van der Waals surface area contributed by atoms with E-state index in [1.807, 2.05) is 12.3 Å². The molecule has 1 fully saturated rings. The molecule has 2 rings (SSSR count). The Balaban J connectivity index is 1.93. The van der Waals surface area contributed by atoms with Crippen molar-refractivity contribution in [2.45, 2.75) is 32.4 Å². The molecule has 16 heavy (non-hydrogen) atoms.